The van der Waals surface area contributed by atoms with E-state index >= 15 is 0 Å². The standard InChI is InChI=1S/C11H11ClF2O3S/c12-8-4-10(14)9(13)3-7(8)11(15)6-1-2-18(16,17)5-6/h3-4,6,11,15H,1-2,5H2. The molecular weight excluding hydrogens is 286 g/mol. The topological polar surface area (TPSA) is 54.4 Å². The van der Waals surface area contributed by atoms with Gasteiger partial charge in [0.15, 0.2) is 21.5 Å². The van der Waals surface area contributed by atoms with Gasteiger partial charge in [-0.1, -0.05) is 11.6 Å². The SMILES string of the molecule is O=S1(=O)CCC(C(O)c2cc(F)c(F)cc2Cl)C1. The molecule has 1 saturated heterocycles. The van der Waals surface area contributed by atoms with Crippen molar-refractivity contribution in [2.75, 3.05) is 11.5 Å². The Kier molecular flexibility index (Phi) is 3.62. The Hall–Kier alpha value is -0.720. The summed E-state index contributed by atoms with van der Waals surface area (Å²) in [5, 5.41) is 9.90. The summed E-state index contributed by atoms with van der Waals surface area (Å²) in [6.45, 7) is 0. The number of benzene rings is 1. The minimum absolute atomic E-state index is 0.00395. The van der Waals surface area contributed by atoms with E-state index in [0.29, 0.717) is 6.42 Å². The molecule has 0 aliphatic carbocycles. The molecule has 1 heterocycles. The molecule has 0 spiro atoms. The fourth-order valence-electron chi connectivity index (χ4n) is 2.09. The first-order chi connectivity index (χ1) is 8.30. The number of rotatable bonds is 2. The van der Waals surface area contributed by atoms with Crippen molar-refractivity contribution < 1.29 is 22.3 Å². The van der Waals surface area contributed by atoms with Crippen LogP contribution in [0.25, 0.3) is 0 Å². The third-order valence-electron chi connectivity index (χ3n) is 3.07. The normalized spacial score (nSPS) is 24.1. The van der Waals surface area contributed by atoms with E-state index in [9.17, 15) is 22.3 Å². The van der Waals surface area contributed by atoms with Crippen LogP contribution in [0.4, 0.5) is 8.78 Å². The largest absolute Gasteiger partial charge is 0.388 e. The lowest BCUT2D eigenvalue weighted by Crippen LogP contribution is -2.15. The predicted molar refractivity (Wildman–Crippen MR) is 63.1 cm³/mol. The van der Waals surface area contributed by atoms with Crippen LogP contribution >= 0.6 is 11.6 Å². The molecule has 0 amide bonds. The molecule has 3 nitrogen and oxygen atoms in total. The van der Waals surface area contributed by atoms with Crippen LogP contribution in [-0.4, -0.2) is 25.0 Å². The van der Waals surface area contributed by atoms with Gasteiger partial charge in [0.05, 0.1) is 17.6 Å². The molecule has 1 aliphatic heterocycles. The summed E-state index contributed by atoms with van der Waals surface area (Å²) >= 11 is 5.73. The van der Waals surface area contributed by atoms with Crippen molar-refractivity contribution in [1.82, 2.24) is 0 Å². The highest BCUT2D eigenvalue weighted by molar-refractivity contribution is 7.91. The van der Waals surface area contributed by atoms with Crippen LogP contribution in [0.15, 0.2) is 12.1 Å². The first-order valence-corrected chi connectivity index (χ1v) is 7.53. The van der Waals surface area contributed by atoms with Gasteiger partial charge in [0.2, 0.25) is 0 Å². The summed E-state index contributed by atoms with van der Waals surface area (Å²) in [5.41, 5.74) is 0.0256. The molecule has 1 aliphatic rings. The van der Waals surface area contributed by atoms with Crippen molar-refractivity contribution in [3.05, 3.63) is 34.4 Å². The average molecular weight is 297 g/mol. The molecular formula is C11H11ClF2O3S. The molecule has 2 atom stereocenters. The van der Waals surface area contributed by atoms with E-state index in [4.69, 9.17) is 11.6 Å². The quantitative estimate of drug-likeness (QED) is 0.850. The highest BCUT2D eigenvalue weighted by Gasteiger charge is 2.34. The van der Waals surface area contributed by atoms with Crippen LogP contribution in [0.1, 0.15) is 18.1 Å². The number of halogens is 3. The lowest BCUT2D eigenvalue weighted by molar-refractivity contribution is 0.120. The molecule has 0 bridgehead atoms. The number of aliphatic hydroxyl groups excluding tert-OH is 1. The number of hydrogen-bond donors (Lipinski definition) is 1. The average Bonchev–Trinajstić information content (AvgIpc) is 2.63. The third kappa shape index (κ3) is 2.65. The molecule has 1 aromatic rings. The minimum Gasteiger partial charge on any atom is -0.388 e. The minimum atomic E-state index is -3.15. The second-order valence-electron chi connectivity index (χ2n) is 4.40. The van der Waals surface area contributed by atoms with E-state index < -0.39 is 33.5 Å². The molecule has 2 unspecified atom stereocenters. The van der Waals surface area contributed by atoms with E-state index in [-0.39, 0.29) is 22.1 Å². The Morgan fingerprint density at radius 2 is 1.94 bits per heavy atom. The van der Waals surface area contributed by atoms with Crippen molar-refractivity contribution in [2.45, 2.75) is 12.5 Å². The highest BCUT2D eigenvalue weighted by atomic mass is 35.5. The lowest BCUT2D eigenvalue weighted by Gasteiger charge is -2.18. The maximum absolute atomic E-state index is 13.1. The Balaban J connectivity index is 2.30. The zero-order chi connectivity index (χ0) is 13.5. The van der Waals surface area contributed by atoms with Crippen LogP contribution in [0, 0.1) is 17.6 Å². The maximum atomic E-state index is 13.1. The first kappa shape index (κ1) is 13.7. The Morgan fingerprint density at radius 3 is 2.50 bits per heavy atom. The second-order valence-corrected chi connectivity index (χ2v) is 7.03. The predicted octanol–water partition coefficient (Wildman–Crippen LogP) is 2.09. The van der Waals surface area contributed by atoms with Gasteiger partial charge in [-0.05, 0) is 18.6 Å². The van der Waals surface area contributed by atoms with Gasteiger partial charge >= 0.3 is 0 Å². The summed E-state index contributed by atoms with van der Waals surface area (Å²) in [7, 11) is -3.15. The van der Waals surface area contributed by atoms with Gasteiger partial charge in [-0.3, -0.25) is 0 Å². The molecule has 2 rings (SSSR count). The zero-order valence-electron chi connectivity index (χ0n) is 9.24. The molecule has 18 heavy (non-hydrogen) atoms. The van der Waals surface area contributed by atoms with Gasteiger partial charge < -0.3 is 5.11 Å². The summed E-state index contributed by atoms with van der Waals surface area (Å²) in [5.74, 6) is -2.92. The molecule has 1 fully saturated rings. The van der Waals surface area contributed by atoms with Gasteiger partial charge in [0.1, 0.15) is 0 Å². The van der Waals surface area contributed by atoms with Gasteiger partial charge in [0, 0.05) is 16.5 Å². The molecule has 1 aromatic carbocycles. The molecule has 7 heteroatoms. The van der Waals surface area contributed by atoms with E-state index in [1.807, 2.05) is 0 Å². The Morgan fingerprint density at radius 1 is 1.33 bits per heavy atom. The monoisotopic (exact) mass is 296 g/mol. The second kappa shape index (κ2) is 4.75. The number of sulfone groups is 1. The van der Waals surface area contributed by atoms with Crippen molar-refractivity contribution in [3.8, 4) is 0 Å². The molecule has 1 N–H and O–H groups in total. The lowest BCUT2D eigenvalue weighted by atomic mass is 9.95. The third-order valence-corrected chi connectivity index (χ3v) is 5.19. The highest BCUT2D eigenvalue weighted by Crippen LogP contribution is 2.35. The fourth-order valence-corrected chi connectivity index (χ4v) is 4.18. The molecule has 0 saturated carbocycles. The number of hydrogen-bond acceptors (Lipinski definition) is 3. The van der Waals surface area contributed by atoms with Crippen LogP contribution in [0.3, 0.4) is 0 Å². The molecule has 100 valence electrons. The van der Waals surface area contributed by atoms with Crippen LogP contribution in [0.2, 0.25) is 5.02 Å². The van der Waals surface area contributed by atoms with Crippen LogP contribution in [-0.2, 0) is 9.84 Å². The number of aliphatic hydroxyl groups is 1. The van der Waals surface area contributed by atoms with Crippen molar-refractivity contribution in [1.29, 1.82) is 0 Å². The Labute approximate surface area is 108 Å². The molecule has 0 radical (unpaired) electrons. The zero-order valence-corrected chi connectivity index (χ0v) is 10.8. The molecule has 0 aromatic heterocycles. The van der Waals surface area contributed by atoms with Gasteiger partial charge in [-0.2, -0.15) is 0 Å². The van der Waals surface area contributed by atoms with Crippen molar-refractivity contribution >= 4 is 21.4 Å². The Bertz CT molecular complexity index is 574. The smallest absolute Gasteiger partial charge is 0.160 e. The van der Waals surface area contributed by atoms with E-state index in [1.165, 1.54) is 0 Å². The van der Waals surface area contributed by atoms with Crippen LogP contribution in [0.5, 0.6) is 0 Å². The summed E-state index contributed by atoms with van der Waals surface area (Å²) in [4.78, 5) is 0. The van der Waals surface area contributed by atoms with Gasteiger partial charge in [-0.25, -0.2) is 17.2 Å². The summed E-state index contributed by atoms with van der Waals surface area (Å²) in [6, 6.07) is 1.59. The summed E-state index contributed by atoms with van der Waals surface area (Å²) in [6.07, 6.45) is -0.913. The van der Waals surface area contributed by atoms with E-state index in [0.717, 1.165) is 12.1 Å². The first-order valence-electron chi connectivity index (χ1n) is 5.33. The van der Waals surface area contributed by atoms with Crippen molar-refractivity contribution in [2.24, 2.45) is 5.92 Å². The van der Waals surface area contributed by atoms with E-state index in [2.05, 4.69) is 0 Å². The summed E-state index contributed by atoms with van der Waals surface area (Å²) < 4.78 is 48.6. The van der Waals surface area contributed by atoms with E-state index in [1.54, 1.807) is 0 Å². The van der Waals surface area contributed by atoms with Gasteiger partial charge in [-0.15, -0.1) is 0 Å². The maximum Gasteiger partial charge on any atom is 0.160 e. The van der Waals surface area contributed by atoms with Gasteiger partial charge in [0.25, 0.3) is 0 Å². The van der Waals surface area contributed by atoms with Crippen molar-refractivity contribution in [3.63, 3.8) is 0 Å². The van der Waals surface area contributed by atoms with Crippen LogP contribution < -0.4 is 0 Å². The fraction of sp³-hybridized carbons (Fsp3) is 0.455.